The van der Waals surface area contributed by atoms with Gasteiger partial charge in [0.1, 0.15) is 5.60 Å². The minimum Gasteiger partial charge on any atom is -0.443 e. The first-order valence-electron chi connectivity index (χ1n) is 7.80. The van der Waals surface area contributed by atoms with Crippen molar-refractivity contribution in [2.75, 3.05) is 30.4 Å². The molecule has 1 saturated heterocycles. The maximum Gasteiger partial charge on any atom is 0.415 e. The number of nitrogen functional groups attached to an aromatic ring is 1. The van der Waals surface area contributed by atoms with Gasteiger partial charge in [-0.25, -0.2) is 4.79 Å². The summed E-state index contributed by atoms with van der Waals surface area (Å²) < 4.78 is 18.6. The average Bonchev–Trinajstić information content (AvgIpc) is 2.48. The van der Waals surface area contributed by atoms with E-state index in [0.29, 0.717) is 30.9 Å². The second-order valence-corrected chi connectivity index (χ2v) is 6.85. The van der Waals surface area contributed by atoms with Gasteiger partial charge < -0.3 is 15.8 Å². The van der Waals surface area contributed by atoms with E-state index in [-0.39, 0.29) is 12.0 Å². The zero-order chi connectivity index (χ0) is 17.0. The number of anilines is 2. The number of aromatic nitrogens is 1. The highest BCUT2D eigenvalue weighted by Crippen LogP contribution is 2.29. The minimum absolute atomic E-state index is 0.123. The van der Waals surface area contributed by atoms with Crippen LogP contribution >= 0.6 is 0 Å². The molecule has 0 aromatic carbocycles. The molecule has 128 valence electrons. The molecular formula is C16H25FN4O2. The number of ether oxygens (including phenoxy) is 1. The van der Waals surface area contributed by atoms with E-state index in [4.69, 9.17) is 10.5 Å². The smallest absolute Gasteiger partial charge is 0.415 e. The highest BCUT2D eigenvalue weighted by Gasteiger charge is 2.34. The lowest BCUT2D eigenvalue weighted by Crippen LogP contribution is -2.53. The van der Waals surface area contributed by atoms with Crippen LogP contribution in [0.25, 0.3) is 0 Å². The summed E-state index contributed by atoms with van der Waals surface area (Å²) in [5.41, 5.74) is 6.30. The first-order valence-corrected chi connectivity index (χ1v) is 7.80. The van der Waals surface area contributed by atoms with Gasteiger partial charge in [0.25, 0.3) is 0 Å². The summed E-state index contributed by atoms with van der Waals surface area (Å²) in [5, 5.41) is 3.18. The zero-order valence-corrected chi connectivity index (χ0v) is 13.9. The van der Waals surface area contributed by atoms with E-state index >= 15 is 0 Å². The largest absolute Gasteiger partial charge is 0.443 e. The van der Waals surface area contributed by atoms with Gasteiger partial charge in [0.2, 0.25) is 0 Å². The molecule has 0 saturated carbocycles. The molecule has 6 nitrogen and oxygen atoms in total. The number of halogens is 1. The average molecular weight is 324 g/mol. The number of nitrogens with two attached hydrogens (primary N) is 1. The number of carbonyl (C=O) groups is 1. The van der Waals surface area contributed by atoms with Gasteiger partial charge in [0.15, 0.2) is 0 Å². The number of rotatable bonds is 3. The Balaban J connectivity index is 2.31. The van der Waals surface area contributed by atoms with Crippen LogP contribution in [0, 0.1) is 5.92 Å². The van der Waals surface area contributed by atoms with Gasteiger partial charge >= 0.3 is 6.09 Å². The zero-order valence-electron chi connectivity index (χ0n) is 13.9. The summed E-state index contributed by atoms with van der Waals surface area (Å²) in [6, 6.07) is 1.46. The highest BCUT2D eigenvalue weighted by atomic mass is 19.1. The van der Waals surface area contributed by atoms with Crippen LogP contribution in [0.3, 0.4) is 0 Å². The fourth-order valence-electron chi connectivity index (χ4n) is 2.69. The molecule has 2 rings (SSSR count). The van der Waals surface area contributed by atoms with Gasteiger partial charge in [-0.1, -0.05) is 0 Å². The standard InChI is InChI=1S/C16H25FN4O2/c1-16(2,3)23-15(22)21(14-4-5-19-10-13(14)18)12-6-11(7-17)8-20-9-12/h4-5,10-12,20H,6-9,18H2,1-3H3. The van der Waals surface area contributed by atoms with E-state index in [1.54, 1.807) is 12.3 Å². The lowest BCUT2D eigenvalue weighted by molar-refractivity contribution is 0.0554. The summed E-state index contributed by atoms with van der Waals surface area (Å²) >= 11 is 0. The van der Waals surface area contributed by atoms with Crippen LogP contribution in [0.4, 0.5) is 20.6 Å². The van der Waals surface area contributed by atoms with Crippen LogP contribution in [-0.4, -0.2) is 42.5 Å². The Bertz CT molecular complexity index is 547. The molecule has 23 heavy (non-hydrogen) atoms. The monoisotopic (exact) mass is 324 g/mol. The third kappa shape index (κ3) is 4.54. The molecule has 1 aliphatic rings. The van der Waals surface area contributed by atoms with Gasteiger partial charge in [0, 0.05) is 25.2 Å². The summed E-state index contributed by atoms with van der Waals surface area (Å²) in [7, 11) is 0. The maximum atomic E-state index is 13.1. The number of alkyl halides is 1. The number of hydrogen-bond acceptors (Lipinski definition) is 5. The van der Waals surface area contributed by atoms with Crippen LogP contribution in [0.2, 0.25) is 0 Å². The number of pyridine rings is 1. The summed E-state index contributed by atoms with van der Waals surface area (Å²) in [4.78, 5) is 18.2. The minimum atomic E-state index is -0.626. The molecule has 1 fully saturated rings. The van der Waals surface area contributed by atoms with Gasteiger partial charge in [0.05, 0.1) is 30.3 Å². The van der Waals surface area contributed by atoms with Crippen LogP contribution in [0.1, 0.15) is 27.2 Å². The van der Waals surface area contributed by atoms with Gasteiger partial charge in [-0.3, -0.25) is 14.3 Å². The van der Waals surface area contributed by atoms with Crippen molar-refractivity contribution in [3.63, 3.8) is 0 Å². The fourth-order valence-corrected chi connectivity index (χ4v) is 2.69. The van der Waals surface area contributed by atoms with Crippen LogP contribution in [0.15, 0.2) is 18.5 Å². The lowest BCUT2D eigenvalue weighted by Gasteiger charge is -2.38. The lowest BCUT2D eigenvalue weighted by atomic mass is 9.95. The van der Waals surface area contributed by atoms with E-state index < -0.39 is 18.4 Å². The Labute approximate surface area is 136 Å². The molecule has 2 unspecified atom stereocenters. The van der Waals surface area contributed by atoms with E-state index in [0.717, 1.165) is 0 Å². The van der Waals surface area contributed by atoms with Crippen molar-refractivity contribution < 1.29 is 13.9 Å². The van der Waals surface area contributed by atoms with Gasteiger partial charge in [-0.2, -0.15) is 0 Å². The molecule has 2 atom stereocenters. The first kappa shape index (κ1) is 17.5. The Morgan fingerprint density at radius 2 is 2.26 bits per heavy atom. The summed E-state index contributed by atoms with van der Waals surface area (Å²) in [5.74, 6) is -0.123. The normalized spacial score (nSPS) is 21.7. The number of nitrogens with zero attached hydrogens (tertiary/aromatic N) is 2. The molecule has 1 aromatic heterocycles. The fraction of sp³-hybridized carbons (Fsp3) is 0.625. The maximum absolute atomic E-state index is 13.1. The third-order valence-electron chi connectivity index (χ3n) is 3.68. The predicted octanol–water partition coefficient (Wildman–Crippen LogP) is 2.35. The molecule has 1 aromatic rings. The summed E-state index contributed by atoms with van der Waals surface area (Å²) in [6.07, 6.45) is 3.15. The Kier molecular flexibility index (Phi) is 5.41. The van der Waals surface area contributed by atoms with Crippen molar-refractivity contribution in [2.24, 2.45) is 5.92 Å². The Morgan fingerprint density at radius 1 is 1.52 bits per heavy atom. The number of amides is 1. The van der Waals surface area contributed by atoms with E-state index in [1.165, 1.54) is 11.1 Å². The Hall–Kier alpha value is -1.89. The van der Waals surface area contributed by atoms with Crippen LogP contribution in [-0.2, 0) is 4.74 Å². The van der Waals surface area contributed by atoms with E-state index in [9.17, 15) is 9.18 Å². The number of nitrogens with one attached hydrogen (secondary N) is 1. The molecule has 7 heteroatoms. The molecule has 2 heterocycles. The topological polar surface area (TPSA) is 80.5 Å². The number of carbonyl (C=O) groups excluding carboxylic acids is 1. The SMILES string of the molecule is CC(C)(C)OC(=O)N(c1ccncc1N)C1CNCC(CF)C1. The number of piperidine rings is 1. The first-order chi connectivity index (χ1) is 10.8. The summed E-state index contributed by atoms with van der Waals surface area (Å²) in [6.45, 7) is 6.18. The van der Waals surface area contributed by atoms with Crippen LogP contribution < -0.4 is 16.0 Å². The van der Waals surface area contributed by atoms with Crippen molar-refractivity contribution in [3.8, 4) is 0 Å². The van der Waals surface area contributed by atoms with E-state index in [1.807, 2.05) is 20.8 Å². The molecule has 0 bridgehead atoms. The molecule has 0 radical (unpaired) electrons. The van der Waals surface area contributed by atoms with Gasteiger partial charge in [-0.15, -0.1) is 0 Å². The highest BCUT2D eigenvalue weighted by molar-refractivity contribution is 5.92. The number of hydrogen-bond donors (Lipinski definition) is 2. The molecule has 0 aliphatic carbocycles. The molecule has 1 amide bonds. The second kappa shape index (κ2) is 7.12. The van der Waals surface area contributed by atoms with Crippen molar-refractivity contribution in [2.45, 2.75) is 38.8 Å². The molecule has 3 N–H and O–H groups in total. The van der Waals surface area contributed by atoms with E-state index in [2.05, 4.69) is 10.3 Å². The second-order valence-electron chi connectivity index (χ2n) is 6.85. The molecule has 1 aliphatic heterocycles. The quantitative estimate of drug-likeness (QED) is 0.892. The molecule has 0 spiro atoms. The van der Waals surface area contributed by atoms with Crippen molar-refractivity contribution in [3.05, 3.63) is 18.5 Å². The molecular weight excluding hydrogens is 299 g/mol. The van der Waals surface area contributed by atoms with Crippen molar-refractivity contribution in [1.29, 1.82) is 0 Å². The van der Waals surface area contributed by atoms with Crippen LogP contribution in [0.5, 0.6) is 0 Å². The Morgan fingerprint density at radius 3 is 2.87 bits per heavy atom. The van der Waals surface area contributed by atoms with Crippen molar-refractivity contribution >= 4 is 17.5 Å². The van der Waals surface area contributed by atoms with Crippen molar-refractivity contribution in [1.82, 2.24) is 10.3 Å². The third-order valence-corrected chi connectivity index (χ3v) is 3.68. The predicted molar refractivity (Wildman–Crippen MR) is 88.1 cm³/mol. The van der Waals surface area contributed by atoms with Gasteiger partial charge in [-0.05, 0) is 33.3 Å².